The third-order valence-electron chi connectivity index (χ3n) is 4.83. The van der Waals surface area contributed by atoms with Gasteiger partial charge in [0.1, 0.15) is 5.69 Å². The molecule has 1 aromatic heterocycles. The average Bonchev–Trinajstić information content (AvgIpc) is 3.03. The minimum absolute atomic E-state index is 0.0833. The molecule has 1 saturated carbocycles. The van der Waals surface area contributed by atoms with Gasteiger partial charge in [0, 0.05) is 25.3 Å². The summed E-state index contributed by atoms with van der Waals surface area (Å²) in [4.78, 5) is 35.2. The first-order chi connectivity index (χ1) is 11.1. The van der Waals surface area contributed by atoms with E-state index >= 15 is 0 Å². The van der Waals surface area contributed by atoms with Crippen molar-refractivity contribution >= 4 is 11.8 Å². The SMILES string of the molecule is Cc1cnc(C(=O)N[C@@H]2CCC[C@@H]2C(=O)N2CCCCC2)cn1. The summed E-state index contributed by atoms with van der Waals surface area (Å²) in [7, 11) is 0. The van der Waals surface area contributed by atoms with Gasteiger partial charge in [-0.05, 0) is 39.0 Å². The van der Waals surface area contributed by atoms with E-state index in [1.165, 1.54) is 12.6 Å². The average molecular weight is 316 g/mol. The van der Waals surface area contributed by atoms with E-state index in [1.54, 1.807) is 6.20 Å². The lowest BCUT2D eigenvalue weighted by molar-refractivity contribution is -0.136. The third kappa shape index (κ3) is 3.68. The number of hydrogen-bond donors (Lipinski definition) is 1. The van der Waals surface area contributed by atoms with Gasteiger partial charge in [0.2, 0.25) is 5.91 Å². The molecule has 6 nitrogen and oxygen atoms in total. The smallest absolute Gasteiger partial charge is 0.271 e. The number of likely N-dealkylation sites (tertiary alicyclic amines) is 1. The van der Waals surface area contributed by atoms with Crippen molar-refractivity contribution in [3.8, 4) is 0 Å². The molecule has 6 heteroatoms. The predicted octanol–water partition coefficient (Wildman–Crippen LogP) is 1.70. The van der Waals surface area contributed by atoms with Crippen LogP contribution in [0.25, 0.3) is 0 Å². The molecule has 2 heterocycles. The number of piperidine rings is 1. The maximum Gasteiger partial charge on any atom is 0.271 e. The van der Waals surface area contributed by atoms with Crippen LogP contribution < -0.4 is 5.32 Å². The Hall–Kier alpha value is -1.98. The molecule has 23 heavy (non-hydrogen) atoms. The first-order valence-electron chi connectivity index (χ1n) is 8.53. The van der Waals surface area contributed by atoms with Crippen LogP contribution in [0.5, 0.6) is 0 Å². The maximum atomic E-state index is 12.7. The van der Waals surface area contributed by atoms with E-state index in [2.05, 4.69) is 15.3 Å². The molecule has 0 spiro atoms. The molecule has 0 unspecified atom stereocenters. The normalized spacial score (nSPS) is 24.5. The molecular weight excluding hydrogens is 292 g/mol. The summed E-state index contributed by atoms with van der Waals surface area (Å²) in [6, 6.07) is -0.0833. The standard InChI is InChI=1S/C17H24N4O2/c1-12-10-19-15(11-18-12)16(22)20-14-7-5-6-13(14)17(23)21-8-3-2-4-9-21/h10-11,13-14H,2-9H2,1H3,(H,20,22)/t13-,14+/m0/s1. The highest BCUT2D eigenvalue weighted by atomic mass is 16.2. The zero-order valence-corrected chi connectivity index (χ0v) is 13.6. The highest BCUT2D eigenvalue weighted by Crippen LogP contribution is 2.28. The van der Waals surface area contributed by atoms with Gasteiger partial charge in [-0.25, -0.2) is 4.98 Å². The molecule has 1 aromatic rings. The Labute approximate surface area is 136 Å². The topological polar surface area (TPSA) is 75.2 Å². The fourth-order valence-electron chi connectivity index (χ4n) is 3.53. The van der Waals surface area contributed by atoms with Gasteiger partial charge >= 0.3 is 0 Å². The summed E-state index contributed by atoms with van der Waals surface area (Å²) in [5, 5.41) is 3.00. The van der Waals surface area contributed by atoms with E-state index in [0.717, 1.165) is 50.9 Å². The van der Waals surface area contributed by atoms with Crippen molar-refractivity contribution in [2.45, 2.75) is 51.5 Å². The monoisotopic (exact) mass is 316 g/mol. The van der Waals surface area contributed by atoms with Crippen molar-refractivity contribution in [2.24, 2.45) is 5.92 Å². The second kappa shape index (κ2) is 7.06. The summed E-state index contributed by atoms with van der Waals surface area (Å²) in [6.07, 6.45) is 9.16. The van der Waals surface area contributed by atoms with Crippen molar-refractivity contribution in [1.29, 1.82) is 0 Å². The van der Waals surface area contributed by atoms with Crippen LogP contribution in [0.3, 0.4) is 0 Å². The zero-order chi connectivity index (χ0) is 16.2. The first kappa shape index (κ1) is 15.9. The zero-order valence-electron chi connectivity index (χ0n) is 13.6. The molecule has 0 aromatic carbocycles. The Balaban J connectivity index is 1.63. The van der Waals surface area contributed by atoms with E-state index in [-0.39, 0.29) is 23.8 Å². The lowest BCUT2D eigenvalue weighted by Gasteiger charge is -2.31. The van der Waals surface area contributed by atoms with Crippen LogP contribution >= 0.6 is 0 Å². The summed E-state index contributed by atoms with van der Waals surface area (Å²) >= 11 is 0. The quantitative estimate of drug-likeness (QED) is 0.921. The Morgan fingerprint density at radius 2 is 1.87 bits per heavy atom. The highest BCUT2D eigenvalue weighted by molar-refractivity contribution is 5.92. The number of rotatable bonds is 3. The van der Waals surface area contributed by atoms with Gasteiger partial charge in [-0.1, -0.05) is 6.42 Å². The molecule has 2 aliphatic rings. The second-order valence-corrected chi connectivity index (χ2v) is 6.55. The van der Waals surface area contributed by atoms with Crippen LogP contribution in [0.4, 0.5) is 0 Å². The molecule has 1 aliphatic heterocycles. The van der Waals surface area contributed by atoms with Crippen LogP contribution in [-0.2, 0) is 4.79 Å². The Morgan fingerprint density at radius 1 is 1.09 bits per heavy atom. The largest absolute Gasteiger partial charge is 0.347 e. The van der Waals surface area contributed by atoms with Crippen LogP contribution in [-0.4, -0.2) is 45.8 Å². The van der Waals surface area contributed by atoms with Gasteiger partial charge in [-0.2, -0.15) is 0 Å². The summed E-state index contributed by atoms with van der Waals surface area (Å²) in [6.45, 7) is 3.55. The number of nitrogens with zero attached hydrogens (tertiary/aromatic N) is 3. The molecule has 2 amide bonds. The van der Waals surface area contributed by atoms with Crippen LogP contribution in [0.1, 0.15) is 54.7 Å². The van der Waals surface area contributed by atoms with E-state index in [4.69, 9.17) is 0 Å². The molecule has 3 rings (SSSR count). The Bertz CT molecular complexity index is 566. The molecule has 1 saturated heterocycles. The lowest BCUT2D eigenvalue weighted by Crippen LogP contribution is -2.47. The van der Waals surface area contributed by atoms with Gasteiger partial charge in [0.15, 0.2) is 0 Å². The number of hydrogen-bond acceptors (Lipinski definition) is 4. The van der Waals surface area contributed by atoms with Crippen LogP contribution in [0, 0.1) is 12.8 Å². The number of carbonyl (C=O) groups is 2. The van der Waals surface area contributed by atoms with Crippen molar-refractivity contribution in [3.63, 3.8) is 0 Å². The molecule has 2 fully saturated rings. The lowest BCUT2D eigenvalue weighted by atomic mass is 9.99. The fourth-order valence-corrected chi connectivity index (χ4v) is 3.53. The van der Waals surface area contributed by atoms with Crippen LogP contribution in [0.15, 0.2) is 12.4 Å². The van der Waals surface area contributed by atoms with Crippen molar-refractivity contribution < 1.29 is 9.59 Å². The number of carbonyl (C=O) groups excluding carboxylic acids is 2. The van der Waals surface area contributed by atoms with E-state index in [0.29, 0.717) is 5.69 Å². The van der Waals surface area contributed by atoms with Gasteiger partial charge in [0.05, 0.1) is 17.8 Å². The summed E-state index contributed by atoms with van der Waals surface area (Å²) in [5.41, 5.74) is 1.09. The molecular formula is C17H24N4O2. The minimum atomic E-state index is -0.235. The molecule has 0 radical (unpaired) electrons. The fraction of sp³-hybridized carbons (Fsp3) is 0.647. The molecule has 2 atom stereocenters. The van der Waals surface area contributed by atoms with Crippen molar-refractivity contribution in [2.75, 3.05) is 13.1 Å². The van der Waals surface area contributed by atoms with Gasteiger partial charge in [-0.3, -0.25) is 14.6 Å². The van der Waals surface area contributed by atoms with Crippen molar-refractivity contribution in [1.82, 2.24) is 20.2 Å². The number of nitrogens with one attached hydrogen (secondary N) is 1. The Morgan fingerprint density at radius 3 is 2.57 bits per heavy atom. The molecule has 124 valence electrons. The number of aromatic nitrogens is 2. The first-order valence-corrected chi connectivity index (χ1v) is 8.53. The molecule has 1 aliphatic carbocycles. The van der Waals surface area contributed by atoms with Crippen LogP contribution in [0.2, 0.25) is 0 Å². The number of aryl methyl sites for hydroxylation is 1. The Kier molecular flexibility index (Phi) is 4.88. The van der Waals surface area contributed by atoms with Gasteiger partial charge in [0.25, 0.3) is 5.91 Å². The minimum Gasteiger partial charge on any atom is -0.347 e. The predicted molar refractivity (Wildman–Crippen MR) is 85.8 cm³/mol. The summed E-state index contributed by atoms with van der Waals surface area (Å²) in [5.74, 6) is -0.112. The van der Waals surface area contributed by atoms with Gasteiger partial charge in [-0.15, -0.1) is 0 Å². The van der Waals surface area contributed by atoms with E-state index in [9.17, 15) is 9.59 Å². The van der Waals surface area contributed by atoms with E-state index < -0.39 is 0 Å². The maximum absolute atomic E-state index is 12.7. The van der Waals surface area contributed by atoms with E-state index in [1.807, 2.05) is 11.8 Å². The van der Waals surface area contributed by atoms with Crippen molar-refractivity contribution in [3.05, 3.63) is 23.8 Å². The molecule has 1 N–H and O–H groups in total. The third-order valence-corrected chi connectivity index (χ3v) is 4.83. The summed E-state index contributed by atoms with van der Waals surface area (Å²) < 4.78 is 0. The molecule has 0 bridgehead atoms. The van der Waals surface area contributed by atoms with Gasteiger partial charge < -0.3 is 10.2 Å². The highest BCUT2D eigenvalue weighted by Gasteiger charge is 2.36. The number of amides is 2. The second-order valence-electron chi connectivity index (χ2n) is 6.55.